The smallest absolute Gasteiger partial charge is 0.318 e. The number of carboxylic acids is 1. The Morgan fingerprint density at radius 3 is 2.43 bits per heavy atom. The molecule has 14 heavy (non-hydrogen) atoms. The molecule has 4 heteroatoms. The number of allylic oxidation sites excluding steroid dienone is 1. The fourth-order valence-corrected chi connectivity index (χ4v) is 0.754. The largest absolute Gasteiger partial charge is 0.480 e. The van der Waals surface area contributed by atoms with Crippen molar-refractivity contribution in [3.63, 3.8) is 0 Å². The summed E-state index contributed by atoms with van der Waals surface area (Å²) in [5, 5.41) is 11.3. The maximum atomic E-state index is 11.4. The van der Waals surface area contributed by atoms with Crippen molar-refractivity contribution in [1.82, 2.24) is 5.32 Å². The van der Waals surface area contributed by atoms with Gasteiger partial charge in [0.25, 0.3) is 0 Å². The highest BCUT2D eigenvalue weighted by atomic mass is 16.4. The molecule has 0 atom stereocenters. The number of carboxylic acid groups (broad SMARTS) is 1. The summed E-state index contributed by atoms with van der Waals surface area (Å²) in [7, 11) is 0. The highest BCUT2D eigenvalue weighted by molar-refractivity contribution is 6.00. The minimum atomic E-state index is -1.35. The monoisotopic (exact) mass is 199 g/mol. The summed E-state index contributed by atoms with van der Waals surface area (Å²) in [5.41, 5.74) is -1.35. The summed E-state index contributed by atoms with van der Waals surface area (Å²) >= 11 is 0. The highest BCUT2D eigenvalue weighted by Gasteiger charge is 2.35. The van der Waals surface area contributed by atoms with Gasteiger partial charge in [-0.05, 0) is 27.2 Å². The van der Waals surface area contributed by atoms with Crippen LogP contribution in [0, 0.1) is 5.41 Å². The quantitative estimate of drug-likeness (QED) is 0.397. The van der Waals surface area contributed by atoms with E-state index in [0.717, 1.165) is 6.42 Å². The molecule has 0 unspecified atom stereocenters. The van der Waals surface area contributed by atoms with Crippen molar-refractivity contribution in [1.29, 1.82) is 0 Å². The number of aliphatic carboxylic acids is 1. The lowest BCUT2D eigenvalue weighted by Crippen LogP contribution is -2.42. The van der Waals surface area contributed by atoms with E-state index < -0.39 is 17.3 Å². The molecular weight excluding hydrogens is 182 g/mol. The van der Waals surface area contributed by atoms with Gasteiger partial charge in [0.2, 0.25) is 5.91 Å². The Bertz CT molecular complexity index is 244. The number of rotatable bonds is 5. The number of carbonyl (C=O) groups is 2. The van der Waals surface area contributed by atoms with Crippen LogP contribution in [0.15, 0.2) is 12.2 Å². The first kappa shape index (κ1) is 12.7. The van der Waals surface area contributed by atoms with Gasteiger partial charge >= 0.3 is 5.97 Å². The highest BCUT2D eigenvalue weighted by Crippen LogP contribution is 2.14. The van der Waals surface area contributed by atoms with Gasteiger partial charge in [0.15, 0.2) is 0 Å². The van der Waals surface area contributed by atoms with Gasteiger partial charge in [0.05, 0.1) is 0 Å². The van der Waals surface area contributed by atoms with Gasteiger partial charge in [0.1, 0.15) is 5.41 Å². The van der Waals surface area contributed by atoms with Crippen LogP contribution < -0.4 is 5.32 Å². The zero-order valence-electron chi connectivity index (χ0n) is 8.83. The van der Waals surface area contributed by atoms with E-state index >= 15 is 0 Å². The van der Waals surface area contributed by atoms with E-state index in [1.807, 2.05) is 19.1 Å². The summed E-state index contributed by atoms with van der Waals surface area (Å²) < 4.78 is 0. The van der Waals surface area contributed by atoms with Crippen LogP contribution in [0.1, 0.15) is 27.2 Å². The third-order valence-corrected chi connectivity index (χ3v) is 1.93. The Hall–Kier alpha value is -1.32. The number of amides is 1. The molecule has 0 aromatic carbocycles. The van der Waals surface area contributed by atoms with Crippen molar-refractivity contribution in [2.45, 2.75) is 27.2 Å². The third kappa shape index (κ3) is 3.60. The fraction of sp³-hybridized carbons (Fsp3) is 0.600. The second kappa shape index (κ2) is 5.42. The molecule has 1 amide bonds. The Kier molecular flexibility index (Phi) is 4.91. The van der Waals surface area contributed by atoms with E-state index in [2.05, 4.69) is 5.32 Å². The second-order valence-corrected chi connectivity index (χ2v) is 3.54. The van der Waals surface area contributed by atoms with E-state index in [1.54, 1.807) is 0 Å². The second-order valence-electron chi connectivity index (χ2n) is 3.54. The van der Waals surface area contributed by atoms with Crippen LogP contribution in [-0.4, -0.2) is 23.5 Å². The lowest BCUT2D eigenvalue weighted by Gasteiger charge is -2.17. The molecule has 0 heterocycles. The molecule has 0 spiro atoms. The molecule has 0 aliphatic rings. The lowest BCUT2D eigenvalue weighted by molar-refractivity contribution is -0.153. The summed E-state index contributed by atoms with van der Waals surface area (Å²) in [6, 6.07) is 0. The Morgan fingerprint density at radius 2 is 2.00 bits per heavy atom. The van der Waals surface area contributed by atoms with Crippen molar-refractivity contribution in [2.24, 2.45) is 5.41 Å². The molecule has 0 aliphatic heterocycles. The zero-order chi connectivity index (χ0) is 11.2. The summed E-state index contributed by atoms with van der Waals surface area (Å²) in [5.74, 6) is -1.56. The predicted molar refractivity (Wildman–Crippen MR) is 53.9 cm³/mol. The molecule has 0 saturated carbocycles. The van der Waals surface area contributed by atoms with Crippen LogP contribution >= 0.6 is 0 Å². The molecule has 0 aliphatic carbocycles. The van der Waals surface area contributed by atoms with Gasteiger partial charge < -0.3 is 10.4 Å². The van der Waals surface area contributed by atoms with Crippen molar-refractivity contribution in [3.8, 4) is 0 Å². The first-order valence-electron chi connectivity index (χ1n) is 4.55. The molecule has 0 fully saturated rings. The SMILES string of the molecule is C/C=C/CCNC(=O)C(C)(C)C(=O)O. The minimum absolute atomic E-state index is 0.450. The lowest BCUT2D eigenvalue weighted by atomic mass is 9.93. The molecule has 0 saturated heterocycles. The number of hydrogen-bond acceptors (Lipinski definition) is 2. The van der Waals surface area contributed by atoms with Crippen molar-refractivity contribution < 1.29 is 14.7 Å². The van der Waals surface area contributed by atoms with Gasteiger partial charge in [-0.25, -0.2) is 0 Å². The minimum Gasteiger partial charge on any atom is -0.480 e. The van der Waals surface area contributed by atoms with E-state index in [1.165, 1.54) is 13.8 Å². The first-order chi connectivity index (χ1) is 6.42. The van der Waals surface area contributed by atoms with Gasteiger partial charge in [0, 0.05) is 6.54 Å². The van der Waals surface area contributed by atoms with Crippen LogP contribution in [0.2, 0.25) is 0 Å². The summed E-state index contributed by atoms with van der Waals surface area (Å²) in [6.07, 6.45) is 4.51. The summed E-state index contributed by atoms with van der Waals surface area (Å²) in [6.45, 7) is 5.14. The Labute approximate surface area is 84.0 Å². The maximum absolute atomic E-state index is 11.4. The van der Waals surface area contributed by atoms with Crippen LogP contribution in [-0.2, 0) is 9.59 Å². The number of nitrogens with one attached hydrogen (secondary N) is 1. The van der Waals surface area contributed by atoms with Crippen molar-refractivity contribution in [2.75, 3.05) is 6.54 Å². The molecule has 0 aromatic rings. The first-order valence-corrected chi connectivity index (χ1v) is 4.55. The van der Waals surface area contributed by atoms with Crippen molar-refractivity contribution in [3.05, 3.63) is 12.2 Å². The van der Waals surface area contributed by atoms with Gasteiger partial charge in [-0.15, -0.1) is 0 Å². The van der Waals surface area contributed by atoms with E-state index in [-0.39, 0.29) is 0 Å². The molecule has 0 bridgehead atoms. The van der Waals surface area contributed by atoms with Crippen molar-refractivity contribution >= 4 is 11.9 Å². The Morgan fingerprint density at radius 1 is 1.43 bits per heavy atom. The average Bonchev–Trinajstić information content (AvgIpc) is 2.11. The number of carbonyl (C=O) groups excluding carboxylic acids is 1. The van der Waals surface area contributed by atoms with E-state index in [9.17, 15) is 9.59 Å². The molecule has 0 aromatic heterocycles. The fourth-order valence-electron chi connectivity index (χ4n) is 0.754. The van der Waals surface area contributed by atoms with Crippen LogP contribution in [0.25, 0.3) is 0 Å². The third-order valence-electron chi connectivity index (χ3n) is 1.93. The molecule has 0 rings (SSSR count). The zero-order valence-corrected chi connectivity index (χ0v) is 8.83. The maximum Gasteiger partial charge on any atom is 0.318 e. The molecule has 4 nitrogen and oxygen atoms in total. The van der Waals surface area contributed by atoms with Crippen LogP contribution in [0.3, 0.4) is 0 Å². The molecule has 0 radical (unpaired) electrons. The topological polar surface area (TPSA) is 66.4 Å². The van der Waals surface area contributed by atoms with Gasteiger partial charge in [-0.1, -0.05) is 12.2 Å². The van der Waals surface area contributed by atoms with E-state index in [0.29, 0.717) is 6.54 Å². The average molecular weight is 199 g/mol. The number of hydrogen-bond donors (Lipinski definition) is 2. The van der Waals surface area contributed by atoms with Crippen LogP contribution in [0.5, 0.6) is 0 Å². The summed E-state index contributed by atoms with van der Waals surface area (Å²) in [4.78, 5) is 22.0. The standard InChI is InChI=1S/C10H17NO3/c1-4-5-6-7-11-8(12)10(2,3)9(13)14/h4-5H,6-7H2,1-3H3,(H,11,12)(H,13,14)/b5-4+. The van der Waals surface area contributed by atoms with E-state index in [4.69, 9.17) is 5.11 Å². The predicted octanol–water partition coefficient (Wildman–Crippen LogP) is 1.18. The normalized spacial score (nSPS) is 11.6. The molecule has 2 N–H and O–H groups in total. The Balaban J connectivity index is 4.02. The van der Waals surface area contributed by atoms with Gasteiger partial charge in [-0.3, -0.25) is 9.59 Å². The van der Waals surface area contributed by atoms with Gasteiger partial charge in [-0.2, -0.15) is 0 Å². The molecule has 80 valence electrons. The van der Waals surface area contributed by atoms with Crippen LogP contribution in [0.4, 0.5) is 0 Å². The molecular formula is C10H17NO3.